The Hall–Kier alpha value is -1.39. The van der Waals surface area contributed by atoms with E-state index in [-0.39, 0.29) is 0 Å². The molecular weight excluding hydrogens is 208 g/mol. The van der Waals surface area contributed by atoms with Gasteiger partial charge in [-0.3, -0.25) is 0 Å². The van der Waals surface area contributed by atoms with Crippen LogP contribution < -0.4 is 5.73 Å². The number of hydrogen-bond donors (Lipinski definition) is 1. The summed E-state index contributed by atoms with van der Waals surface area (Å²) in [7, 11) is 1.69. The van der Waals surface area contributed by atoms with Crippen LogP contribution in [0.2, 0.25) is 0 Å². The molecule has 0 unspecified atom stereocenters. The molecule has 0 atom stereocenters. The molecule has 2 aromatic rings. The number of thiazole rings is 1. The first-order valence-electron chi connectivity index (χ1n) is 4.59. The highest BCUT2D eigenvalue weighted by Crippen LogP contribution is 2.27. The molecule has 0 radical (unpaired) electrons. The van der Waals surface area contributed by atoms with Crippen molar-refractivity contribution in [3.63, 3.8) is 0 Å². The van der Waals surface area contributed by atoms with Crippen molar-refractivity contribution < 1.29 is 4.74 Å². The minimum atomic E-state index is 0.599. The van der Waals surface area contributed by atoms with Gasteiger partial charge in [0.05, 0.1) is 11.5 Å². The molecule has 15 heavy (non-hydrogen) atoms. The molecule has 2 rings (SSSR count). The van der Waals surface area contributed by atoms with E-state index in [0.717, 1.165) is 16.0 Å². The Labute approximate surface area is 92.5 Å². The smallest absolute Gasteiger partial charge is 0.180 e. The second-order valence-corrected chi connectivity index (χ2v) is 4.26. The van der Waals surface area contributed by atoms with E-state index in [1.54, 1.807) is 13.3 Å². The lowest BCUT2D eigenvalue weighted by Crippen LogP contribution is -1.86. The van der Waals surface area contributed by atoms with Gasteiger partial charge < -0.3 is 10.5 Å². The van der Waals surface area contributed by atoms with Gasteiger partial charge in [-0.05, 0) is 17.2 Å². The summed E-state index contributed by atoms with van der Waals surface area (Å²) in [5.74, 6) is 0. The fourth-order valence-electron chi connectivity index (χ4n) is 1.40. The number of aromatic nitrogens is 1. The van der Waals surface area contributed by atoms with Gasteiger partial charge in [0, 0.05) is 13.3 Å². The third-order valence-electron chi connectivity index (χ3n) is 2.05. The predicted molar refractivity (Wildman–Crippen MR) is 62.7 cm³/mol. The minimum Gasteiger partial charge on any atom is -0.380 e. The molecule has 0 aliphatic heterocycles. The number of nitrogen functional groups attached to an aromatic ring is 1. The van der Waals surface area contributed by atoms with Crippen LogP contribution in [0.5, 0.6) is 0 Å². The second kappa shape index (κ2) is 4.42. The summed E-state index contributed by atoms with van der Waals surface area (Å²) in [5, 5.41) is 0.599. The lowest BCUT2D eigenvalue weighted by atomic mass is 10.1. The van der Waals surface area contributed by atoms with Crippen LogP contribution in [-0.4, -0.2) is 12.1 Å². The van der Waals surface area contributed by atoms with Crippen molar-refractivity contribution in [1.82, 2.24) is 4.98 Å². The normalized spacial score (nSPS) is 10.5. The zero-order valence-electron chi connectivity index (χ0n) is 8.43. The molecule has 2 N–H and O–H groups in total. The molecular formula is C11H12N2OS. The number of benzene rings is 1. The van der Waals surface area contributed by atoms with Gasteiger partial charge in [0.2, 0.25) is 0 Å². The van der Waals surface area contributed by atoms with Gasteiger partial charge in [-0.25, -0.2) is 4.98 Å². The summed E-state index contributed by atoms with van der Waals surface area (Å²) in [6.07, 6.45) is 1.80. The van der Waals surface area contributed by atoms with Gasteiger partial charge in [0.1, 0.15) is 0 Å². The molecule has 1 heterocycles. The number of anilines is 1. The van der Waals surface area contributed by atoms with E-state index in [9.17, 15) is 0 Å². The molecule has 0 spiro atoms. The Kier molecular flexibility index (Phi) is 2.99. The van der Waals surface area contributed by atoms with E-state index in [2.05, 4.69) is 11.1 Å². The fourth-order valence-corrected chi connectivity index (χ4v) is 2.08. The highest BCUT2D eigenvalue weighted by molar-refractivity contribution is 7.18. The van der Waals surface area contributed by atoms with Gasteiger partial charge in [-0.2, -0.15) is 0 Å². The molecule has 0 saturated carbocycles. The van der Waals surface area contributed by atoms with Crippen LogP contribution in [0.4, 0.5) is 5.13 Å². The Balaban J connectivity index is 2.32. The maximum Gasteiger partial charge on any atom is 0.180 e. The van der Waals surface area contributed by atoms with Crippen molar-refractivity contribution in [2.24, 2.45) is 0 Å². The summed E-state index contributed by atoms with van der Waals surface area (Å²) < 4.78 is 5.09. The molecule has 0 aliphatic rings. The van der Waals surface area contributed by atoms with Crippen LogP contribution in [0.25, 0.3) is 10.4 Å². The van der Waals surface area contributed by atoms with Crippen molar-refractivity contribution in [2.45, 2.75) is 6.61 Å². The van der Waals surface area contributed by atoms with Gasteiger partial charge in [-0.15, -0.1) is 0 Å². The monoisotopic (exact) mass is 220 g/mol. The molecule has 0 saturated heterocycles. The van der Waals surface area contributed by atoms with Crippen LogP contribution in [-0.2, 0) is 11.3 Å². The van der Waals surface area contributed by atoms with Gasteiger partial charge in [0.25, 0.3) is 0 Å². The van der Waals surface area contributed by atoms with Crippen molar-refractivity contribution in [3.8, 4) is 10.4 Å². The number of nitrogens with two attached hydrogens (primary N) is 1. The van der Waals surface area contributed by atoms with E-state index < -0.39 is 0 Å². The highest BCUT2D eigenvalue weighted by atomic mass is 32.1. The SMILES string of the molecule is COCc1cccc(-c2cnc(N)s2)c1. The van der Waals surface area contributed by atoms with Crippen molar-refractivity contribution in [3.05, 3.63) is 36.0 Å². The number of nitrogens with zero attached hydrogens (tertiary/aromatic N) is 1. The largest absolute Gasteiger partial charge is 0.380 e. The van der Waals surface area contributed by atoms with E-state index >= 15 is 0 Å². The molecule has 1 aromatic carbocycles. The van der Waals surface area contributed by atoms with Crippen LogP contribution in [0, 0.1) is 0 Å². The molecule has 0 amide bonds. The molecule has 78 valence electrons. The van der Waals surface area contributed by atoms with Gasteiger partial charge in [-0.1, -0.05) is 29.5 Å². The maximum absolute atomic E-state index is 5.60. The van der Waals surface area contributed by atoms with Crippen LogP contribution in [0.1, 0.15) is 5.56 Å². The fraction of sp³-hybridized carbons (Fsp3) is 0.182. The second-order valence-electron chi connectivity index (χ2n) is 3.20. The molecule has 4 heteroatoms. The number of methoxy groups -OCH3 is 1. The first-order valence-corrected chi connectivity index (χ1v) is 5.41. The van der Waals surface area contributed by atoms with E-state index in [1.807, 2.05) is 18.2 Å². The van der Waals surface area contributed by atoms with E-state index in [4.69, 9.17) is 10.5 Å². The maximum atomic E-state index is 5.60. The van der Waals surface area contributed by atoms with Crippen LogP contribution >= 0.6 is 11.3 Å². The van der Waals surface area contributed by atoms with Crippen molar-refractivity contribution in [1.29, 1.82) is 0 Å². The zero-order chi connectivity index (χ0) is 10.7. The summed E-state index contributed by atoms with van der Waals surface area (Å²) in [5.41, 5.74) is 7.89. The van der Waals surface area contributed by atoms with Crippen LogP contribution in [0.3, 0.4) is 0 Å². The third kappa shape index (κ3) is 2.34. The van der Waals surface area contributed by atoms with Gasteiger partial charge in [0.15, 0.2) is 5.13 Å². The Morgan fingerprint density at radius 2 is 2.33 bits per heavy atom. The summed E-state index contributed by atoms with van der Waals surface area (Å²) in [6, 6.07) is 8.19. The van der Waals surface area contributed by atoms with E-state index in [0.29, 0.717) is 11.7 Å². The lowest BCUT2D eigenvalue weighted by molar-refractivity contribution is 0.185. The molecule has 1 aromatic heterocycles. The van der Waals surface area contributed by atoms with Crippen molar-refractivity contribution >= 4 is 16.5 Å². The third-order valence-corrected chi connectivity index (χ3v) is 2.92. The highest BCUT2D eigenvalue weighted by Gasteiger charge is 2.02. The van der Waals surface area contributed by atoms with Crippen molar-refractivity contribution in [2.75, 3.05) is 12.8 Å². The summed E-state index contributed by atoms with van der Waals surface area (Å²) in [4.78, 5) is 5.12. The summed E-state index contributed by atoms with van der Waals surface area (Å²) in [6.45, 7) is 0.627. The average Bonchev–Trinajstić information content (AvgIpc) is 2.66. The molecule has 0 fully saturated rings. The summed E-state index contributed by atoms with van der Waals surface area (Å²) >= 11 is 1.49. The number of hydrogen-bond acceptors (Lipinski definition) is 4. The zero-order valence-corrected chi connectivity index (χ0v) is 9.25. The molecule has 0 aliphatic carbocycles. The minimum absolute atomic E-state index is 0.599. The Bertz CT molecular complexity index is 453. The lowest BCUT2D eigenvalue weighted by Gasteiger charge is -2.01. The molecule has 3 nitrogen and oxygen atoms in total. The standard InChI is InChI=1S/C11H12N2OS/c1-14-7-8-3-2-4-9(5-8)10-6-13-11(12)15-10/h2-6H,7H2,1H3,(H2,12,13). The number of rotatable bonds is 3. The molecule has 0 bridgehead atoms. The first-order chi connectivity index (χ1) is 7.29. The number of ether oxygens (including phenoxy) is 1. The quantitative estimate of drug-likeness (QED) is 0.864. The van der Waals surface area contributed by atoms with Gasteiger partial charge >= 0.3 is 0 Å². The topological polar surface area (TPSA) is 48.1 Å². The Morgan fingerprint density at radius 3 is 3.00 bits per heavy atom. The average molecular weight is 220 g/mol. The predicted octanol–water partition coefficient (Wildman–Crippen LogP) is 2.54. The first kappa shape index (κ1) is 10.1. The Morgan fingerprint density at radius 1 is 1.47 bits per heavy atom. The van der Waals surface area contributed by atoms with E-state index in [1.165, 1.54) is 11.3 Å². The van der Waals surface area contributed by atoms with Crippen LogP contribution in [0.15, 0.2) is 30.5 Å².